The molecule has 1 aromatic rings. The van der Waals surface area contributed by atoms with Crippen LogP contribution in [-0.4, -0.2) is 28.7 Å². The van der Waals surface area contributed by atoms with Gasteiger partial charge in [0.15, 0.2) is 0 Å². The van der Waals surface area contributed by atoms with Crippen molar-refractivity contribution >= 4 is 5.95 Å². The summed E-state index contributed by atoms with van der Waals surface area (Å²) in [6.07, 6.45) is 4.98. The van der Waals surface area contributed by atoms with Gasteiger partial charge in [-0.05, 0) is 19.3 Å². The van der Waals surface area contributed by atoms with Crippen LogP contribution in [0.1, 0.15) is 20.3 Å². The van der Waals surface area contributed by atoms with Gasteiger partial charge < -0.3 is 15.2 Å². The molecule has 84 valence electrons. The van der Waals surface area contributed by atoms with Crippen molar-refractivity contribution in [1.29, 1.82) is 0 Å². The summed E-state index contributed by atoms with van der Waals surface area (Å²) in [5.41, 5.74) is 6.01. The van der Waals surface area contributed by atoms with Gasteiger partial charge in [0.05, 0.1) is 0 Å². The lowest BCUT2D eigenvalue weighted by molar-refractivity contribution is 0.377. The van der Waals surface area contributed by atoms with Gasteiger partial charge >= 0.3 is 0 Å². The van der Waals surface area contributed by atoms with Gasteiger partial charge in [0.25, 0.3) is 0 Å². The van der Waals surface area contributed by atoms with Crippen LogP contribution < -0.4 is 10.6 Å². The molecule has 2 atom stereocenters. The van der Waals surface area contributed by atoms with Crippen molar-refractivity contribution < 1.29 is 0 Å². The molecule has 1 saturated heterocycles. The molecule has 4 nitrogen and oxygen atoms in total. The highest BCUT2D eigenvalue weighted by atomic mass is 15.3. The highest BCUT2D eigenvalue weighted by Gasteiger charge is 2.25. The molecule has 0 spiro atoms. The number of hydrogen-bond donors (Lipinski definition) is 1. The van der Waals surface area contributed by atoms with Crippen LogP contribution in [0, 0.1) is 5.92 Å². The molecule has 0 amide bonds. The van der Waals surface area contributed by atoms with Gasteiger partial charge in [-0.25, -0.2) is 4.98 Å². The van der Waals surface area contributed by atoms with Crippen LogP contribution >= 0.6 is 0 Å². The fraction of sp³-hybridized carbons (Fsp3) is 0.727. The third-order valence-electron chi connectivity index (χ3n) is 3.29. The van der Waals surface area contributed by atoms with Crippen molar-refractivity contribution in [2.24, 2.45) is 11.7 Å². The van der Waals surface area contributed by atoms with E-state index in [1.807, 2.05) is 12.4 Å². The maximum Gasteiger partial charge on any atom is 0.205 e. The molecular weight excluding hydrogens is 188 g/mol. The molecule has 15 heavy (non-hydrogen) atoms. The van der Waals surface area contributed by atoms with E-state index in [1.165, 1.54) is 0 Å². The van der Waals surface area contributed by atoms with E-state index >= 15 is 0 Å². The Kier molecular flexibility index (Phi) is 2.95. The standard InChI is InChI=1S/C11H20N4/c1-3-14-7-5-13-11(14)15-6-4-10(12)9(2)8-15/h5,7,9-10H,3-4,6,8,12H2,1-2H3. The van der Waals surface area contributed by atoms with Gasteiger partial charge in [0.1, 0.15) is 0 Å². The zero-order valence-electron chi connectivity index (χ0n) is 9.56. The zero-order chi connectivity index (χ0) is 10.8. The number of nitrogens with zero attached hydrogens (tertiary/aromatic N) is 3. The van der Waals surface area contributed by atoms with Gasteiger partial charge in [-0.1, -0.05) is 6.92 Å². The maximum atomic E-state index is 6.01. The summed E-state index contributed by atoms with van der Waals surface area (Å²) in [6, 6.07) is 0.353. The Morgan fingerprint density at radius 2 is 2.40 bits per heavy atom. The topological polar surface area (TPSA) is 47.1 Å². The largest absolute Gasteiger partial charge is 0.342 e. The quantitative estimate of drug-likeness (QED) is 0.791. The Hall–Kier alpha value is -1.03. The third-order valence-corrected chi connectivity index (χ3v) is 3.29. The predicted molar refractivity (Wildman–Crippen MR) is 61.9 cm³/mol. The van der Waals surface area contributed by atoms with Crippen LogP contribution in [-0.2, 0) is 6.54 Å². The Labute approximate surface area is 91.1 Å². The normalized spacial score (nSPS) is 27.0. The highest BCUT2D eigenvalue weighted by molar-refractivity contribution is 5.32. The minimum Gasteiger partial charge on any atom is -0.342 e. The Morgan fingerprint density at radius 3 is 3.07 bits per heavy atom. The smallest absolute Gasteiger partial charge is 0.205 e. The second-order valence-electron chi connectivity index (χ2n) is 4.39. The number of imidazole rings is 1. The number of aryl methyl sites for hydroxylation is 1. The van der Waals surface area contributed by atoms with Crippen LogP contribution in [0.15, 0.2) is 12.4 Å². The Balaban J connectivity index is 2.11. The average molecular weight is 208 g/mol. The summed E-state index contributed by atoms with van der Waals surface area (Å²) in [5, 5.41) is 0. The monoisotopic (exact) mass is 208 g/mol. The molecule has 1 fully saturated rings. The Bertz CT molecular complexity index is 320. The third kappa shape index (κ3) is 2.00. The van der Waals surface area contributed by atoms with E-state index in [-0.39, 0.29) is 0 Å². The van der Waals surface area contributed by atoms with Gasteiger partial charge in [-0.2, -0.15) is 0 Å². The van der Waals surface area contributed by atoms with Gasteiger partial charge in [0, 0.05) is 38.1 Å². The molecule has 4 heteroatoms. The van der Waals surface area contributed by atoms with Gasteiger partial charge in [-0.15, -0.1) is 0 Å². The Morgan fingerprint density at radius 1 is 1.60 bits per heavy atom. The molecule has 0 aliphatic carbocycles. The lowest BCUT2D eigenvalue weighted by atomic mass is 9.95. The first-order valence-corrected chi connectivity index (χ1v) is 5.74. The van der Waals surface area contributed by atoms with Crippen LogP contribution in [0.2, 0.25) is 0 Å². The lowest BCUT2D eigenvalue weighted by Gasteiger charge is -2.35. The predicted octanol–water partition coefficient (Wildman–Crippen LogP) is 1.08. The van der Waals surface area contributed by atoms with E-state index in [1.54, 1.807) is 0 Å². The van der Waals surface area contributed by atoms with Crippen LogP contribution in [0.5, 0.6) is 0 Å². The average Bonchev–Trinajstić information content (AvgIpc) is 2.70. The molecule has 2 unspecified atom stereocenters. The highest BCUT2D eigenvalue weighted by Crippen LogP contribution is 2.20. The summed E-state index contributed by atoms with van der Waals surface area (Å²) < 4.78 is 2.18. The first-order valence-electron chi connectivity index (χ1n) is 5.74. The minimum atomic E-state index is 0.353. The van der Waals surface area contributed by atoms with Gasteiger partial charge in [-0.3, -0.25) is 0 Å². The number of hydrogen-bond acceptors (Lipinski definition) is 3. The SMILES string of the molecule is CCn1ccnc1N1CCC(N)C(C)C1. The van der Waals surface area contributed by atoms with Crippen molar-refractivity contribution in [1.82, 2.24) is 9.55 Å². The summed E-state index contributed by atoms with van der Waals surface area (Å²) in [7, 11) is 0. The maximum absolute atomic E-state index is 6.01. The zero-order valence-corrected chi connectivity index (χ0v) is 9.56. The second-order valence-corrected chi connectivity index (χ2v) is 4.39. The van der Waals surface area contributed by atoms with E-state index in [9.17, 15) is 0 Å². The number of nitrogens with two attached hydrogens (primary N) is 1. The van der Waals surface area contributed by atoms with Crippen molar-refractivity contribution in [3.63, 3.8) is 0 Å². The first kappa shape index (κ1) is 10.5. The van der Waals surface area contributed by atoms with Crippen LogP contribution in [0.3, 0.4) is 0 Å². The molecule has 2 heterocycles. The fourth-order valence-corrected chi connectivity index (χ4v) is 2.18. The molecule has 0 aromatic carbocycles. The molecule has 0 bridgehead atoms. The molecule has 1 aromatic heterocycles. The molecule has 0 radical (unpaired) electrons. The molecule has 2 N–H and O–H groups in total. The van der Waals surface area contributed by atoms with Crippen molar-refractivity contribution in [3.05, 3.63) is 12.4 Å². The first-order chi connectivity index (χ1) is 7.22. The lowest BCUT2D eigenvalue weighted by Crippen LogP contribution is -2.46. The van der Waals surface area contributed by atoms with Crippen molar-refractivity contribution in [2.75, 3.05) is 18.0 Å². The van der Waals surface area contributed by atoms with Crippen LogP contribution in [0.25, 0.3) is 0 Å². The van der Waals surface area contributed by atoms with Crippen molar-refractivity contribution in [3.8, 4) is 0 Å². The van der Waals surface area contributed by atoms with E-state index in [0.717, 1.165) is 32.0 Å². The summed E-state index contributed by atoms with van der Waals surface area (Å²) >= 11 is 0. The minimum absolute atomic E-state index is 0.353. The summed E-state index contributed by atoms with van der Waals surface area (Å²) in [4.78, 5) is 6.76. The second kappa shape index (κ2) is 4.23. The van der Waals surface area contributed by atoms with E-state index in [2.05, 4.69) is 28.3 Å². The molecular formula is C11H20N4. The summed E-state index contributed by atoms with van der Waals surface area (Å²) in [5.74, 6) is 1.65. The molecule has 1 aliphatic heterocycles. The fourth-order valence-electron chi connectivity index (χ4n) is 2.18. The molecule has 0 saturated carbocycles. The molecule has 1 aliphatic rings. The van der Waals surface area contributed by atoms with Crippen molar-refractivity contribution in [2.45, 2.75) is 32.9 Å². The number of anilines is 1. The number of rotatable bonds is 2. The number of aromatic nitrogens is 2. The summed E-state index contributed by atoms with van der Waals surface area (Å²) in [6.45, 7) is 7.40. The van der Waals surface area contributed by atoms with E-state index in [4.69, 9.17) is 5.73 Å². The van der Waals surface area contributed by atoms with Gasteiger partial charge in [0.2, 0.25) is 5.95 Å². The van der Waals surface area contributed by atoms with E-state index in [0.29, 0.717) is 12.0 Å². The molecule has 2 rings (SSSR count). The van der Waals surface area contributed by atoms with Crippen LogP contribution in [0.4, 0.5) is 5.95 Å². The number of piperidine rings is 1. The van der Waals surface area contributed by atoms with E-state index < -0.39 is 0 Å².